The summed E-state index contributed by atoms with van der Waals surface area (Å²) < 4.78 is 16.9. The maximum absolute atomic E-state index is 12.7. The highest BCUT2D eigenvalue weighted by molar-refractivity contribution is 6.01. The van der Waals surface area contributed by atoms with Crippen LogP contribution in [-0.2, 0) is 14.3 Å². The van der Waals surface area contributed by atoms with Gasteiger partial charge in [-0.1, -0.05) is 24.3 Å². The molecule has 0 aliphatic carbocycles. The number of Topliss-reactive ketones (excluding diaryl/α,β-unsaturated/α-hetero) is 1. The molecule has 3 rings (SSSR count). The second kappa shape index (κ2) is 8.39. The topological polar surface area (TPSA) is 94.1 Å². The molecule has 29 heavy (non-hydrogen) atoms. The minimum atomic E-state index is -0.847. The largest absolute Gasteiger partial charge is 0.507 e. The van der Waals surface area contributed by atoms with Gasteiger partial charge in [-0.2, -0.15) is 0 Å². The number of rotatable bonds is 1. The van der Waals surface area contributed by atoms with E-state index in [1.807, 2.05) is 6.08 Å². The number of phenols is 1. The van der Waals surface area contributed by atoms with Gasteiger partial charge in [0.15, 0.2) is 11.6 Å². The van der Waals surface area contributed by atoms with Crippen molar-refractivity contribution in [1.29, 1.82) is 0 Å². The summed E-state index contributed by atoms with van der Waals surface area (Å²) >= 11 is 0. The second-order valence-corrected chi connectivity index (χ2v) is 7.70. The Morgan fingerprint density at radius 1 is 1.21 bits per heavy atom. The molecule has 156 valence electrons. The van der Waals surface area contributed by atoms with Crippen LogP contribution in [0.25, 0.3) is 6.08 Å². The highest BCUT2D eigenvalue weighted by Gasteiger charge is 2.43. The van der Waals surface area contributed by atoms with E-state index in [1.54, 1.807) is 45.1 Å². The zero-order valence-corrected chi connectivity index (χ0v) is 17.1. The van der Waals surface area contributed by atoms with Gasteiger partial charge >= 0.3 is 0 Å². The predicted molar refractivity (Wildman–Crippen MR) is 108 cm³/mol. The van der Waals surface area contributed by atoms with Gasteiger partial charge in [-0.05, 0) is 38.8 Å². The number of fused-ring (bicyclic) bond motifs is 2. The molecule has 0 radical (unpaired) electrons. The normalized spacial score (nSPS) is 27.0. The third-order valence-corrected chi connectivity index (χ3v) is 4.85. The Morgan fingerprint density at radius 2 is 1.97 bits per heavy atom. The first-order valence-electron chi connectivity index (χ1n) is 9.63. The van der Waals surface area contributed by atoms with Crippen molar-refractivity contribution in [2.24, 2.45) is 0 Å². The molecule has 0 saturated carbocycles. The number of hydrogen-bond donors (Lipinski definition) is 2. The first-order chi connectivity index (χ1) is 13.7. The average molecular weight is 401 g/mol. The van der Waals surface area contributed by atoms with E-state index in [9.17, 15) is 14.7 Å². The molecule has 0 unspecified atom stereocenters. The van der Waals surface area contributed by atoms with Crippen LogP contribution >= 0.6 is 0 Å². The molecule has 0 aromatic heterocycles. The van der Waals surface area contributed by atoms with Crippen LogP contribution in [-0.4, -0.2) is 47.9 Å². The van der Waals surface area contributed by atoms with Crippen molar-refractivity contribution in [3.63, 3.8) is 0 Å². The van der Waals surface area contributed by atoms with Gasteiger partial charge < -0.3 is 24.6 Å². The van der Waals surface area contributed by atoms with Crippen molar-refractivity contribution in [3.05, 3.63) is 41.5 Å². The summed E-state index contributed by atoms with van der Waals surface area (Å²) in [6, 6.07) is 2.75. The summed E-state index contributed by atoms with van der Waals surface area (Å²) in [5.41, 5.74) is 0.671. The van der Waals surface area contributed by atoms with E-state index < -0.39 is 23.9 Å². The number of aromatic hydroxyl groups is 1. The lowest BCUT2D eigenvalue weighted by Gasteiger charge is -2.16. The van der Waals surface area contributed by atoms with Crippen LogP contribution < -0.4 is 10.1 Å². The molecule has 1 aromatic carbocycles. The van der Waals surface area contributed by atoms with Crippen LogP contribution in [0.4, 0.5) is 0 Å². The van der Waals surface area contributed by atoms with Crippen molar-refractivity contribution in [3.8, 4) is 11.5 Å². The van der Waals surface area contributed by atoms with E-state index >= 15 is 0 Å². The number of benzene rings is 1. The Bertz CT molecular complexity index is 857. The molecule has 2 heterocycles. The molecule has 1 amide bonds. The smallest absolute Gasteiger partial charge is 0.256 e. The third-order valence-electron chi connectivity index (χ3n) is 4.85. The summed E-state index contributed by atoms with van der Waals surface area (Å²) in [5, 5.41) is 13.2. The standard InChI is InChI=1S/C22H27NO6/c1-13-7-5-9-16(24)20-18(28-22(2,3)29-20)10-6-8-14-11-15(27-4)12-17(25)19(14)21(26)23-13/h5-8,11-13,18,20,25H,9-10H2,1-4H3,(H,23,26)/t13-,18-,20+/m0/s1. The molecule has 0 bridgehead atoms. The maximum Gasteiger partial charge on any atom is 0.256 e. The number of phenolic OH excluding ortho intramolecular Hbond substituents is 1. The van der Waals surface area contributed by atoms with Crippen LogP contribution in [0.1, 0.15) is 49.5 Å². The quantitative estimate of drug-likeness (QED) is 0.703. The molecule has 1 fully saturated rings. The van der Waals surface area contributed by atoms with E-state index in [-0.39, 0.29) is 29.6 Å². The van der Waals surface area contributed by atoms with E-state index in [1.165, 1.54) is 13.2 Å². The minimum Gasteiger partial charge on any atom is -0.507 e. The maximum atomic E-state index is 12.7. The van der Waals surface area contributed by atoms with Crippen molar-refractivity contribution >= 4 is 17.8 Å². The second-order valence-electron chi connectivity index (χ2n) is 7.70. The van der Waals surface area contributed by atoms with Gasteiger partial charge in [0.25, 0.3) is 5.91 Å². The van der Waals surface area contributed by atoms with Crippen molar-refractivity contribution in [2.75, 3.05) is 7.11 Å². The fraction of sp³-hybridized carbons (Fsp3) is 0.455. The monoisotopic (exact) mass is 401 g/mol. The van der Waals surface area contributed by atoms with E-state index in [0.717, 1.165) is 0 Å². The molecule has 1 saturated heterocycles. The van der Waals surface area contributed by atoms with Crippen molar-refractivity contribution < 1.29 is 28.9 Å². The summed E-state index contributed by atoms with van der Waals surface area (Å²) in [5.74, 6) is -1.06. The van der Waals surface area contributed by atoms with E-state index in [4.69, 9.17) is 14.2 Å². The van der Waals surface area contributed by atoms with Gasteiger partial charge in [0.2, 0.25) is 0 Å². The van der Waals surface area contributed by atoms with Crippen LogP contribution in [0.3, 0.4) is 0 Å². The van der Waals surface area contributed by atoms with Crippen LogP contribution in [0.2, 0.25) is 0 Å². The Morgan fingerprint density at radius 3 is 2.69 bits per heavy atom. The Balaban J connectivity index is 2.00. The van der Waals surface area contributed by atoms with Crippen molar-refractivity contribution in [2.45, 2.75) is 57.6 Å². The predicted octanol–water partition coefficient (Wildman–Crippen LogP) is 2.97. The highest BCUT2D eigenvalue weighted by atomic mass is 16.8. The number of carbonyl (C=O) groups is 2. The van der Waals surface area contributed by atoms with Crippen LogP contribution in [0, 0.1) is 0 Å². The molecule has 2 aliphatic heterocycles. The number of allylic oxidation sites excluding steroid dienone is 1. The lowest BCUT2D eigenvalue weighted by atomic mass is 10.00. The summed E-state index contributed by atoms with van der Waals surface area (Å²) in [4.78, 5) is 25.4. The molecular weight excluding hydrogens is 374 g/mol. The van der Waals surface area contributed by atoms with E-state index in [0.29, 0.717) is 17.7 Å². The molecule has 7 nitrogen and oxygen atoms in total. The minimum absolute atomic E-state index is 0.0690. The van der Waals surface area contributed by atoms with Crippen LogP contribution in [0.15, 0.2) is 30.4 Å². The first-order valence-corrected chi connectivity index (χ1v) is 9.63. The highest BCUT2D eigenvalue weighted by Crippen LogP contribution is 2.33. The number of carbonyl (C=O) groups excluding carboxylic acids is 2. The first kappa shape index (κ1) is 21.1. The molecule has 2 N–H and O–H groups in total. The average Bonchev–Trinajstić information content (AvgIpc) is 2.95. The summed E-state index contributed by atoms with van der Waals surface area (Å²) in [6.45, 7) is 5.36. The summed E-state index contributed by atoms with van der Waals surface area (Å²) in [6.07, 6.45) is 6.50. The fourth-order valence-electron chi connectivity index (χ4n) is 3.56. The van der Waals surface area contributed by atoms with Gasteiger partial charge in [0.05, 0.1) is 18.8 Å². The van der Waals surface area contributed by atoms with Gasteiger partial charge in [-0.25, -0.2) is 0 Å². The molecular formula is C22H27NO6. The molecule has 2 aliphatic rings. The zero-order chi connectivity index (χ0) is 21.2. The Kier molecular flexibility index (Phi) is 6.10. The number of amides is 1. The number of hydrogen-bond acceptors (Lipinski definition) is 6. The van der Waals surface area contributed by atoms with Gasteiger partial charge in [0.1, 0.15) is 17.6 Å². The zero-order valence-electron chi connectivity index (χ0n) is 17.1. The number of ketones is 1. The fourth-order valence-corrected chi connectivity index (χ4v) is 3.56. The lowest BCUT2D eigenvalue weighted by molar-refractivity contribution is -0.154. The number of methoxy groups -OCH3 is 1. The molecule has 3 atom stereocenters. The number of ether oxygens (including phenoxy) is 3. The molecule has 0 spiro atoms. The lowest BCUT2D eigenvalue weighted by Crippen LogP contribution is -2.32. The summed E-state index contributed by atoms with van der Waals surface area (Å²) in [7, 11) is 1.49. The van der Waals surface area contributed by atoms with E-state index in [2.05, 4.69) is 5.32 Å². The number of nitrogens with one attached hydrogen (secondary N) is 1. The third kappa shape index (κ3) is 4.86. The van der Waals surface area contributed by atoms with Gasteiger partial charge in [-0.15, -0.1) is 0 Å². The SMILES string of the molecule is COc1cc(O)c2c(c1)C=CC[C@@H]1OC(C)(C)O[C@@H]1C(=O)CC=C[C@H](C)NC2=O. The Hall–Kier alpha value is -2.64. The van der Waals surface area contributed by atoms with Crippen molar-refractivity contribution in [1.82, 2.24) is 5.32 Å². The van der Waals surface area contributed by atoms with Crippen LogP contribution in [0.5, 0.6) is 11.5 Å². The van der Waals surface area contributed by atoms with Gasteiger partial charge in [-0.3, -0.25) is 9.59 Å². The molecule has 7 heteroatoms. The van der Waals surface area contributed by atoms with Gasteiger partial charge in [0, 0.05) is 18.5 Å². The molecule has 1 aromatic rings. The Labute approximate surface area is 170 Å².